The van der Waals surface area contributed by atoms with Crippen LogP contribution in [0.2, 0.25) is 0 Å². The van der Waals surface area contributed by atoms with Crippen molar-refractivity contribution in [1.82, 2.24) is 5.32 Å². The molecular weight excluding hydrogens is 262 g/mol. The second-order valence-electron chi connectivity index (χ2n) is 5.15. The highest BCUT2D eigenvalue weighted by atomic mass is 16.5. The van der Waals surface area contributed by atoms with Crippen molar-refractivity contribution < 1.29 is 9.84 Å². The van der Waals surface area contributed by atoms with Gasteiger partial charge in [0.05, 0.1) is 7.11 Å². The first-order valence-electron chi connectivity index (χ1n) is 7.38. The van der Waals surface area contributed by atoms with Crippen LogP contribution in [0.25, 0.3) is 0 Å². The molecule has 0 bridgehead atoms. The molecule has 0 fully saturated rings. The Morgan fingerprint density at radius 2 is 1.90 bits per heavy atom. The molecule has 2 rings (SSSR count). The van der Waals surface area contributed by atoms with Crippen molar-refractivity contribution in [2.24, 2.45) is 0 Å². The maximum absolute atomic E-state index is 9.60. The lowest BCUT2D eigenvalue weighted by Gasteiger charge is -2.19. The molecular formula is C18H23NO2. The topological polar surface area (TPSA) is 41.5 Å². The fraction of sp³-hybridized carbons (Fsp3) is 0.333. The van der Waals surface area contributed by atoms with Gasteiger partial charge in [-0.2, -0.15) is 0 Å². The summed E-state index contributed by atoms with van der Waals surface area (Å²) in [5, 5.41) is 13.2. The summed E-state index contributed by atoms with van der Waals surface area (Å²) in [6.07, 6.45) is 1.94. The first kappa shape index (κ1) is 15.4. The summed E-state index contributed by atoms with van der Waals surface area (Å²) >= 11 is 0. The minimum atomic E-state index is 0.234. The van der Waals surface area contributed by atoms with Crippen LogP contribution >= 0.6 is 0 Å². The lowest BCUT2D eigenvalue weighted by molar-refractivity contribution is 0.414. The summed E-state index contributed by atoms with van der Waals surface area (Å²) in [6.45, 7) is 3.13. The molecule has 0 aliphatic rings. The molecule has 0 aliphatic heterocycles. The van der Waals surface area contributed by atoms with E-state index in [1.807, 2.05) is 30.3 Å². The average Bonchev–Trinajstić information content (AvgIpc) is 2.51. The molecule has 0 aliphatic carbocycles. The van der Waals surface area contributed by atoms with Crippen LogP contribution in [0, 0.1) is 0 Å². The van der Waals surface area contributed by atoms with Gasteiger partial charge in [0.1, 0.15) is 11.5 Å². The maximum Gasteiger partial charge on any atom is 0.118 e. The highest BCUT2D eigenvalue weighted by molar-refractivity contribution is 5.32. The molecule has 2 aromatic rings. The third-order valence-electron chi connectivity index (χ3n) is 3.51. The second kappa shape index (κ2) is 7.70. The minimum Gasteiger partial charge on any atom is -0.508 e. The van der Waals surface area contributed by atoms with Crippen LogP contribution in [-0.2, 0) is 6.42 Å². The van der Waals surface area contributed by atoms with E-state index in [9.17, 15) is 5.11 Å². The number of nitrogens with one attached hydrogen (secondary N) is 1. The minimum absolute atomic E-state index is 0.234. The molecule has 2 aromatic carbocycles. The Morgan fingerprint density at radius 1 is 1.14 bits per heavy atom. The second-order valence-corrected chi connectivity index (χ2v) is 5.15. The zero-order valence-electron chi connectivity index (χ0n) is 12.7. The third-order valence-corrected chi connectivity index (χ3v) is 3.51. The zero-order chi connectivity index (χ0) is 15.1. The van der Waals surface area contributed by atoms with Crippen LogP contribution in [0.15, 0.2) is 48.5 Å². The van der Waals surface area contributed by atoms with E-state index in [1.54, 1.807) is 13.2 Å². The van der Waals surface area contributed by atoms with Crippen LogP contribution in [-0.4, -0.2) is 18.8 Å². The highest BCUT2D eigenvalue weighted by Crippen LogP contribution is 2.23. The summed E-state index contributed by atoms with van der Waals surface area (Å²) in [4.78, 5) is 0. The number of hydrogen-bond acceptors (Lipinski definition) is 3. The lowest BCUT2D eigenvalue weighted by atomic mass is 9.98. The number of hydrogen-bond donors (Lipinski definition) is 2. The summed E-state index contributed by atoms with van der Waals surface area (Å²) in [6, 6.07) is 15.8. The van der Waals surface area contributed by atoms with Gasteiger partial charge in [-0.05, 0) is 54.8 Å². The molecule has 0 radical (unpaired) electrons. The number of phenolic OH excluding ortho intramolecular Hbond substituents is 1. The van der Waals surface area contributed by atoms with E-state index in [-0.39, 0.29) is 6.04 Å². The van der Waals surface area contributed by atoms with Crippen LogP contribution < -0.4 is 10.1 Å². The van der Waals surface area contributed by atoms with Gasteiger partial charge in [-0.1, -0.05) is 31.2 Å². The van der Waals surface area contributed by atoms with E-state index >= 15 is 0 Å². The fourth-order valence-electron chi connectivity index (χ4n) is 2.38. The van der Waals surface area contributed by atoms with Gasteiger partial charge in [0.15, 0.2) is 0 Å². The van der Waals surface area contributed by atoms with Crippen molar-refractivity contribution in [2.45, 2.75) is 25.8 Å². The number of ether oxygens (including phenoxy) is 1. The van der Waals surface area contributed by atoms with E-state index < -0.39 is 0 Å². The molecule has 1 unspecified atom stereocenters. The Morgan fingerprint density at radius 3 is 2.52 bits per heavy atom. The van der Waals surface area contributed by atoms with Gasteiger partial charge < -0.3 is 15.2 Å². The van der Waals surface area contributed by atoms with E-state index in [4.69, 9.17) is 4.74 Å². The standard InChI is InChI=1S/C18H23NO2/c1-3-11-19-18(13-14-5-4-6-16(20)12-14)15-7-9-17(21-2)10-8-15/h4-10,12,18-20H,3,11,13H2,1-2H3. The van der Waals surface area contributed by atoms with Gasteiger partial charge in [-0.15, -0.1) is 0 Å². The first-order chi connectivity index (χ1) is 10.2. The van der Waals surface area contributed by atoms with Gasteiger partial charge in [0.25, 0.3) is 0 Å². The van der Waals surface area contributed by atoms with Crippen LogP contribution in [0.4, 0.5) is 0 Å². The van der Waals surface area contributed by atoms with Gasteiger partial charge in [-0.3, -0.25) is 0 Å². The van der Waals surface area contributed by atoms with Crippen molar-refractivity contribution in [3.8, 4) is 11.5 Å². The normalized spacial score (nSPS) is 12.1. The van der Waals surface area contributed by atoms with Crippen molar-refractivity contribution in [3.63, 3.8) is 0 Å². The molecule has 1 atom stereocenters. The molecule has 3 nitrogen and oxygen atoms in total. The van der Waals surface area contributed by atoms with Crippen molar-refractivity contribution in [3.05, 3.63) is 59.7 Å². The van der Waals surface area contributed by atoms with Crippen molar-refractivity contribution >= 4 is 0 Å². The molecule has 0 saturated carbocycles. The summed E-state index contributed by atoms with van der Waals surface area (Å²) < 4.78 is 5.21. The van der Waals surface area contributed by atoms with Gasteiger partial charge in [-0.25, -0.2) is 0 Å². The molecule has 0 spiro atoms. The van der Waals surface area contributed by atoms with E-state index in [2.05, 4.69) is 24.4 Å². The van der Waals surface area contributed by atoms with Crippen molar-refractivity contribution in [1.29, 1.82) is 0 Å². The molecule has 3 heteroatoms. The Bertz CT molecular complexity index is 551. The maximum atomic E-state index is 9.60. The fourth-order valence-corrected chi connectivity index (χ4v) is 2.38. The number of rotatable bonds is 7. The predicted molar refractivity (Wildman–Crippen MR) is 85.8 cm³/mol. The molecule has 0 saturated heterocycles. The first-order valence-corrected chi connectivity index (χ1v) is 7.38. The van der Waals surface area contributed by atoms with E-state index in [0.717, 1.165) is 30.7 Å². The smallest absolute Gasteiger partial charge is 0.118 e. The SMILES string of the molecule is CCCNC(Cc1cccc(O)c1)c1ccc(OC)cc1. The number of phenols is 1. The summed E-state index contributed by atoms with van der Waals surface area (Å²) in [5.74, 6) is 1.18. The van der Waals surface area contributed by atoms with Crippen LogP contribution in [0.5, 0.6) is 11.5 Å². The van der Waals surface area contributed by atoms with Gasteiger partial charge in [0, 0.05) is 6.04 Å². The van der Waals surface area contributed by atoms with Gasteiger partial charge in [0.2, 0.25) is 0 Å². The quantitative estimate of drug-likeness (QED) is 0.815. The summed E-state index contributed by atoms with van der Waals surface area (Å²) in [5.41, 5.74) is 2.35. The molecule has 0 amide bonds. The number of benzene rings is 2. The van der Waals surface area contributed by atoms with Crippen molar-refractivity contribution in [2.75, 3.05) is 13.7 Å². The molecule has 2 N–H and O–H groups in total. The van der Waals surface area contributed by atoms with Gasteiger partial charge >= 0.3 is 0 Å². The van der Waals surface area contributed by atoms with Crippen LogP contribution in [0.3, 0.4) is 0 Å². The monoisotopic (exact) mass is 285 g/mol. The molecule has 0 heterocycles. The largest absolute Gasteiger partial charge is 0.508 e. The highest BCUT2D eigenvalue weighted by Gasteiger charge is 2.12. The molecule has 21 heavy (non-hydrogen) atoms. The number of aromatic hydroxyl groups is 1. The average molecular weight is 285 g/mol. The Kier molecular flexibility index (Phi) is 5.64. The zero-order valence-corrected chi connectivity index (χ0v) is 12.7. The Labute approximate surface area is 126 Å². The predicted octanol–water partition coefficient (Wildman–Crippen LogP) is 3.68. The number of methoxy groups -OCH3 is 1. The molecule has 112 valence electrons. The van der Waals surface area contributed by atoms with E-state index in [1.165, 1.54) is 5.56 Å². The summed E-state index contributed by atoms with van der Waals surface area (Å²) in [7, 11) is 1.68. The van der Waals surface area contributed by atoms with E-state index in [0.29, 0.717) is 5.75 Å². The van der Waals surface area contributed by atoms with Crippen LogP contribution in [0.1, 0.15) is 30.5 Å². The Balaban J connectivity index is 2.16. The molecule has 0 aromatic heterocycles. The third kappa shape index (κ3) is 4.50. The lowest BCUT2D eigenvalue weighted by Crippen LogP contribution is -2.24. The Hall–Kier alpha value is -2.00.